The van der Waals surface area contributed by atoms with Crippen LogP contribution in [0.5, 0.6) is 0 Å². The molecule has 2 N–H and O–H groups in total. The van der Waals surface area contributed by atoms with Gasteiger partial charge in [0.05, 0.1) is 6.04 Å². The number of benzene rings is 1. The molecule has 7 heteroatoms. The van der Waals surface area contributed by atoms with Crippen molar-refractivity contribution in [1.82, 2.24) is 5.32 Å². The Morgan fingerprint density at radius 3 is 2.11 bits per heavy atom. The standard InChI is InChI=1S/C31H47N3O4/c1-3-4-5-6-7-8-9-10-11-12-13-14-15-16-17-18-31(37)34-29(25-38-26(2)35)23-27-19-21-28(22-20-27)30(36)24-33-32/h10-11,19-22,24,29H,3-9,12-18,23,25H2,1-2H3,(H-,34,36,37)/p+1/b11-10-,30-24+/t29-/m1/s1. The van der Waals surface area contributed by atoms with E-state index in [9.17, 15) is 14.7 Å². The molecule has 0 aromatic heterocycles. The Bertz CT molecular complexity index is 887. The molecular formula is C31H48N3O4+. The summed E-state index contributed by atoms with van der Waals surface area (Å²) in [5, 5.41) is 21.3. The summed E-state index contributed by atoms with van der Waals surface area (Å²) in [5.74, 6) is -0.579. The van der Waals surface area contributed by atoms with Gasteiger partial charge in [-0.05, 0) is 44.1 Å². The zero-order valence-corrected chi connectivity index (χ0v) is 23.5. The number of hydrogen-bond donors (Lipinski definition) is 2. The number of hydrogen-bond acceptors (Lipinski definition) is 5. The molecule has 0 saturated heterocycles. The van der Waals surface area contributed by atoms with Gasteiger partial charge in [-0.25, -0.2) is 0 Å². The minimum Gasteiger partial charge on any atom is -0.501 e. The lowest BCUT2D eigenvalue weighted by Gasteiger charge is -2.19. The van der Waals surface area contributed by atoms with Crippen LogP contribution in [0.1, 0.15) is 115 Å². The summed E-state index contributed by atoms with van der Waals surface area (Å²) in [6, 6.07) is 6.68. The summed E-state index contributed by atoms with van der Waals surface area (Å²) < 4.78 is 5.15. The number of aliphatic hydroxyl groups is 1. The van der Waals surface area contributed by atoms with Gasteiger partial charge in [-0.3, -0.25) is 9.59 Å². The second kappa shape index (κ2) is 21.9. The van der Waals surface area contributed by atoms with E-state index in [0.717, 1.165) is 37.4 Å². The number of carbonyl (C=O) groups excluding carboxylic acids is 2. The SMILES string of the molecule is CCCCCCCC/C=C\CCCCCCCC(=O)N[C@@H](COC(C)=O)Cc1ccc(/C(O)=C\[N+]#N)cc1. The molecule has 0 spiro atoms. The fourth-order valence-electron chi connectivity index (χ4n) is 4.25. The molecule has 1 amide bonds. The molecule has 0 fully saturated rings. The second-order valence-corrected chi connectivity index (χ2v) is 9.93. The maximum atomic E-state index is 12.5. The van der Waals surface area contributed by atoms with Crippen molar-refractivity contribution < 1.29 is 19.4 Å². The molecule has 0 bridgehead atoms. The van der Waals surface area contributed by atoms with Crippen molar-refractivity contribution in [3.63, 3.8) is 0 Å². The highest BCUT2D eigenvalue weighted by Crippen LogP contribution is 2.15. The Balaban J connectivity index is 2.25. The highest BCUT2D eigenvalue weighted by Gasteiger charge is 2.15. The molecule has 1 atom stereocenters. The predicted molar refractivity (Wildman–Crippen MR) is 154 cm³/mol. The fourth-order valence-corrected chi connectivity index (χ4v) is 4.25. The van der Waals surface area contributed by atoms with Gasteiger partial charge in [-0.15, -0.1) is 0 Å². The van der Waals surface area contributed by atoms with Crippen molar-refractivity contribution >= 4 is 17.6 Å². The van der Waals surface area contributed by atoms with Gasteiger partial charge in [0.15, 0.2) is 4.98 Å². The summed E-state index contributed by atoms with van der Waals surface area (Å²) in [4.78, 5) is 26.6. The molecule has 1 aromatic carbocycles. The molecular weight excluding hydrogens is 478 g/mol. The van der Waals surface area contributed by atoms with E-state index >= 15 is 0 Å². The highest BCUT2D eigenvalue weighted by atomic mass is 16.5. The fraction of sp³-hybridized carbons (Fsp3) is 0.613. The van der Waals surface area contributed by atoms with Crippen molar-refractivity contribution in [3.8, 4) is 0 Å². The van der Waals surface area contributed by atoms with E-state index in [2.05, 4.69) is 29.4 Å². The molecule has 1 aromatic rings. The van der Waals surface area contributed by atoms with Gasteiger partial charge in [0.25, 0.3) is 0 Å². The van der Waals surface area contributed by atoms with Gasteiger partial charge in [0.1, 0.15) is 6.61 Å². The molecule has 0 aliphatic carbocycles. The van der Waals surface area contributed by atoms with Gasteiger partial charge in [-0.2, -0.15) is 0 Å². The Hall–Kier alpha value is -3.14. The zero-order valence-electron chi connectivity index (χ0n) is 23.5. The largest absolute Gasteiger partial charge is 0.501 e. The summed E-state index contributed by atoms with van der Waals surface area (Å²) in [6.07, 6.45) is 22.3. The summed E-state index contributed by atoms with van der Waals surface area (Å²) in [7, 11) is 0. The topological polar surface area (TPSA) is 104 Å². The molecule has 38 heavy (non-hydrogen) atoms. The van der Waals surface area contributed by atoms with Crippen molar-refractivity contribution in [2.24, 2.45) is 0 Å². The van der Waals surface area contributed by atoms with Crippen LogP contribution in [-0.4, -0.2) is 29.6 Å². The Labute approximate surface area is 229 Å². The van der Waals surface area contributed by atoms with E-state index in [1.165, 1.54) is 64.7 Å². The van der Waals surface area contributed by atoms with Gasteiger partial charge in [0.2, 0.25) is 17.1 Å². The van der Waals surface area contributed by atoms with E-state index in [1.54, 1.807) is 12.1 Å². The van der Waals surface area contributed by atoms with Gasteiger partial charge < -0.3 is 15.2 Å². The lowest BCUT2D eigenvalue weighted by Crippen LogP contribution is -2.40. The molecule has 0 saturated carbocycles. The third-order valence-corrected chi connectivity index (χ3v) is 6.43. The van der Waals surface area contributed by atoms with Crippen LogP contribution in [0.15, 0.2) is 42.6 Å². The lowest BCUT2D eigenvalue weighted by molar-refractivity contribution is -0.142. The van der Waals surface area contributed by atoms with Crippen molar-refractivity contribution in [2.75, 3.05) is 6.61 Å². The van der Waals surface area contributed by atoms with Crippen LogP contribution in [0.2, 0.25) is 0 Å². The number of rotatable bonds is 21. The average molecular weight is 527 g/mol. The number of unbranched alkanes of at least 4 members (excludes halogenated alkanes) is 11. The number of amides is 1. The first-order valence-electron chi connectivity index (χ1n) is 14.4. The third-order valence-electron chi connectivity index (χ3n) is 6.43. The van der Waals surface area contributed by atoms with E-state index in [4.69, 9.17) is 10.1 Å². The van der Waals surface area contributed by atoms with Gasteiger partial charge in [0, 0.05) is 18.9 Å². The lowest BCUT2D eigenvalue weighted by atomic mass is 10.0. The van der Waals surface area contributed by atoms with Crippen molar-refractivity contribution in [1.29, 1.82) is 5.39 Å². The maximum absolute atomic E-state index is 12.5. The normalized spacial score (nSPS) is 12.3. The zero-order chi connectivity index (χ0) is 27.8. The van der Waals surface area contributed by atoms with Crippen LogP contribution in [0.25, 0.3) is 10.7 Å². The van der Waals surface area contributed by atoms with Gasteiger partial charge in [-0.1, -0.05) is 94.7 Å². The minimum absolute atomic E-state index is 0.0402. The second-order valence-electron chi connectivity index (χ2n) is 9.93. The monoisotopic (exact) mass is 526 g/mol. The molecule has 1 rings (SSSR count). The van der Waals surface area contributed by atoms with Crippen LogP contribution in [-0.2, 0) is 20.7 Å². The quantitative estimate of drug-likeness (QED) is 0.0555. The van der Waals surface area contributed by atoms with E-state index in [0.29, 0.717) is 18.4 Å². The van der Waals surface area contributed by atoms with Gasteiger partial charge >= 0.3 is 12.2 Å². The Morgan fingerprint density at radius 1 is 0.947 bits per heavy atom. The Kier molecular flexibility index (Phi) is 19.0. The number of nitrogens with zero attached hydrogens (tertiary/aromatic N) is 2. The summed E-state index contributed by atoms with van der Waals surface area (Å²) in [5.41, 5.74) is 1.43. The first kappa shape index (κ1) is 32.9. The average Bonchev–Trinajstić information content (AvgIpc) is 2.90. The van der Waals surface area contributed by atoms with Crippen LogP contribution in [0.4, 0.5) is 0 Å². The maximum Gasteiger partial charge on any atom is 0.392 e. The van der Waals surface area contributed by atoms with E-state index in [-0.39, 0.29) is 30.3 Å². The van der Waals surface area contributed by atoms with Crippen LogP contribution >= 0.6 is 0 Å². The van der Waals surface area contributed by atoms with Crippen LogP contribution in [0.3, 0.4) is 0 Å². The van der Waals surface area contributed by atoms with E-state index in [1.807, 2.05) is 12.1 Å². The number of nitrogens with one attached hydrogen (secondary N) is 1. The first-order valence-corrected chi connectivity index (χ1v) is 14.4. The number of diazo groups is 1. The summed E-state index contributed by atoms with van der Waals surface area (Å²) in [6.45, 7) is 3.70. The number of carbonyl (C=O) groups is 2. The van der Waals surface area contributed by atoms with Crippen molar-refractivity contribution in [3.05, 3.63) is 58.7 Å². The molecule has 0 radical (unpaired) electrons. The smallest absolute Gasteiger partial charge is 0.392 e. The molecule has 0 unspecified atom stereocenters. The first-order chi connectivity index (χ1) is 18.5. The molecule has 0 aliphatic rings. The molecule has 0 aliphatic heterocycles. The van der Waals surface area contributed by atoms with Crippen LogP contribution in [0, 0.1) is 5.39 Å². The van der Waals surface area contributed by atoms with E-state index < -0.39 is 0 Å². The highest BCUT2D eigenvalue weighted by molar-refractivity contribution is 5.76. The third kappa shape index (κ3) is 17.3. The number of aliphatic hydroxyl groups excluding tert-OH is 1. The summed E-state index contributed by atoms with van der Waals surface area (Å²) >= 11 is 0. The molecule has 7 nitrogen and oxygen atoms in total. The number of ether oxygens (including phenoxy) is 1. The minimum atomic E-state index is -0.389. The number of allylic oxidation sites excluding steroid dienone is 2. The Morgan fingerprint density at radius 2 is 1.53 bits per heavy atom. The molecule has 0 heterocycles. The van der Waals surface area contributed by atoms with Crippen molar-refractivity contribution in [2.45, 2.75) is 116 Å². The number of esters is 1. The predicted octanol–water partition coefficient (Wildman–Crippen LogP) is 8.02. The van der Waals surface area contributed by atoms with Crippen LogP contribution < -0.4 is 5.32 Å². The molecule has 210 valence electrons.